The molecule has 2 rings (SSSR count). The van der Waals surface area contributed by atoms with E-state index < -0.39 is 26.8 Å². The molecule has 0 heterocycles. The van der Waals surface area contributed by atoms with E-state index in [0.29, 0.717) is 11.1 Å². The van der Waals surface area contributed by atoms with Crippen molar-refractivity contribution in [1.82, 2.24) is 10.6 Å². The van der Waals surface area contributed by atoms with Gasteiger partial charge in [-0.05, 0) is 11.1 Å². The van der Waals surface area contributed by atoms with Crippen molar-refractivity contribution in [3.8, 4) is 0 Å². The van der Waals surface area contributed by atoms with Crippen LogP contribution in [0.5, 0.6) is 0 Å². The van der Waals surface area contributed by atoms with Crippen LogP contribution in [-0.2, 0) is 9.13 Å². The van der Waals surface area contributed by atoms with Crippen molar-refractivity contribution in [1.29, 1.82) is 0 Å². The average molecular weight is 400 g/mol. The van der Waals surface area contributed by atoms with Gasteiger partial charge in [0.15, 0.2) is 0 Å². The van der Waals surface area contributed by atoms with E-state index in [4.69, 9.17) is 0 Å². The van der Waals surface area contributed by atoms with E-state index in [-0.39, 0.29) is 13.1 Å². The van der Waals surface area contributed by atoms with Gasteiger partial charge >= 0.3 is 15.2 Å². The zero-order valence-corrected chi connectivity index (χ0v) is 15.6. The Bertz CT molecular complexity index is 710. The number of benzene rings is 2. The first-order valence-corrected chi connectivity index (χ1v) is 11.2. The third kappa shape index (κ3) is 6.13. The molecule has 0 saturated carbocycles. The first kappa shape index (κ1) is 21.0. The molecule has 0 spiro atoms. The second-order valence-electron chi connectivity index (χ2n) is 5.71. The summed E-state index contributed by atoms with van der Waals surface area (Å²) in [6, 6.07) is 16.6. The van der Waals surface area contributed by atoms with Crippen molar-refractivity contribution in [3.05, 3.63) is 71.8 Å². The Kier molecular flexibility index (Phi) is 7.29. The van der Waals surface area contributed by atoms with Gasteiger partial charge in [-0.15, -0.1) is 0 Å². The molecule has 0 unspecified atom stereocenters. The van der Waals surface area contributed by atoms with Crippen molar-refractivity contribution >= 4 is 15.2 Å². The van der Waals surface area contributed by atoms with E-state index in [1.807, 2.05) is 0 Å². The molecule has 0 fully saturated rings. The van der Waals surface area contributed by atoms with Gasteiger partial charge in [0.25, 0.3) is 0 Å². The van der Waals surface area contributed by atoms with Gasteiger partial charge in [-0.2, -0.15) is 0 Å². The van der Waals surface area contributed by atoms with Crippen LogP contribution in [0, 0.1) is 0 Å². The highest BCUT2D eigenvalue weighted by Crippen LogP contribution is 2.50. The van der Waals surface area contributed by atoms with Crippen LogP contribution in [0.2, 0.25) is 0 Å². The van der Waals surface area contributed by atoms with E-state index in [1.165, 1.54) is 0 Å². The normalized spacial score (nSPS) is 14.8. The third-order valence-electron chi connectivity index (χ3n) is 3.70. The molecule has 0 aliphatic rings. The van der Waals surface area contributed by atoms with Crippen LogP contribution >= 0.6 is 15.2 Å². The van der Waals surface area contributed by atoms with Gasteiger partial charge in [-0.3, -0.25) is 19.8 Å². The number of hydrogen-bond donors (Lipinski definition) is 6. The van der Waals surface area contributed by atoms with Crippen molar-refractivity contribution in [2.45, 2.75) is 11.6 Å². The van der Waals surface area contributed by atoms with Crippen molar-refractivity contribution < 1.29 is 28.7 Å². The Morgan fingerprint density at radius 2 is 0.962 bits per heavy atom. The average Bonchev–Trinajstić information content (AvgIpc) is 2.57. The SMILES string of the molecule is O=P(O)(O)[C@H](NCCN[C@H](c1ccccc1)P(=O)(O)O)c1ccccc1. The van der Waals surface area contributed by atoms with Crippen LogP contribution in [-0.4, -0.2) is 32.7 Å². The molecule has 8 nitrogen and oxygen atoms in total. The fourth-order valence-electron chi connectivity index (χ4n) is 2.55. The summed E-state index contributed by atoms with van der Waals surface area (Å²) < 4.78 is 23.5. The molecule has 0 radical (unpaired) electrons. The first-order valence-electron chi connectivity index (χ1n) is 7.86. The van der Waals surface area contributed by atoms with E-state index in [9.17, 15) is 28.7 Å². The van der Waals surface area contributed by atoms with Crippen LogP contribution in [0.1, 0.15) is 22.7 Å². The molecule has 0 aliphatic heterocycles. The monoisotopic (exact) mass is 400 g/mol. The van der Waals surface area contributed by atoms with Gasteiger partial charge in [0.1, 0.15) is 11.6 Å². The molecule has 6 N–H and O–H groups in total. The second kappa shape index (κ2) is 9.04. The highest BCUT2D eigenvalue weighted by molar-refractivity contribution is 7.52. The molecule has 0 bridgehead atoms. The summed E-state index contributed by atoms with van der Waals surface area (Å²) in [5, 5.41) is 5.51. The van der Waals surface area contributed by atoms with Crippen LogP contribution in [0.4, 0.5) is 0 Å². The standard InChI is InChI=1S/C16H22N2O6P2/c19-25(20,21)15(13-7-3-1-4-8-13)17-11-12-18-16(26(22,23)24)14-9-5-2-6-10-14/h1-10,15-18H,11-12H2,(H2,19,20,21)(H2,22,23,24)/t15-,16-/m0/s1. The summed E-state index contributed by atoms with van der Waals surface area (Å²) in [7, 11) is -8.89. The molecule has 10 heteroatoms. The minimum absolute atomic E-state index is 0.105. The predicted octanol–water partition coefficient (Wildman–Crippen LogP) is 1.92. The minimum Gasteiger partial charge on any atom is -0.323 e. The van der Waals surface area contributed by atoms with Gasteiger partial charge in [-0.1, -0.05) is 60.7 Å². The van der Waals surface area contributed by atoms with Crippen molar-refractivity contribution in [3.63, 3.8) is 0 Å². The number of nitrogens with one attached hydrogen (secondary N) is 2. The molecule has 2 aromatic rings. The van der Waals surface area contributed by atoms with E-state index in [0.717, 1.165) is 0 Å². The van der Waals surface area contributed by atoms with Gasteiger partial charge in [-0.25, -0.2) is 0 Å². The summed E-state index contributed by atoms with van der Waals surface area (Å²) >= 11 is 0. The first-order chi connectivity index (χ1) is 12.2. The highest BCUT2D eigenvalue weighted by atomic mass is 31.2. The summed E-state index contributed by atoms with van der Waals surface area (Å²) in [6.07, 6.45) is 0. The molecule has 2 aromatic carbocycles. The van der Waals surface area contributed by atoms with Crippen molar-refractivity contribution in [2.75, 3.05) is 13.1 Å². The number of rotatable bonds is 9. The Labute approximate surface area is 151 Å². The molecule has 142 valence electrons. The molecular formula is C16H22N2O6P2. The van der Waals surface area contributed by atoms with Gasteiger partial charge in [0.2, 0.25) is 0 Å². The van der Waals surface area contributed by atoms with E-state index in [2.05, 4.69) is 10.6 Å². The van der Waals surface area contributed by atoms with Crippen LogP contribution in [0.15, 0.2) is 60.7 Å². The highest BCUT2D eigenvalue weighted by Gasteiger charge is 2.31. The maximum absolute atomic E-state index is 11.7. The molecular weight excluding hydrogens is 378 g/mol. The molecule has 2 atom stereocenters. The maximum Gasteiger partial charge on any atom is 0.346 e. The zero-order chi connectivity index (χ0) is 19.2. The lowest BCUT2D eigenvalue weighted by molar-refractivity contribution is 0.339. The quantitative estimate of drug-likeness (QED) is 0.277. The fraction of sp³-hybridized carbons (Fsp3) is 0.250. The summed E-state index contributed by atoms with van der Waals surface area (Å²) in [6.45, 7) is 0.210. The Morgan fingerprint density at radius 3 is 1.23 bits per heavy atom. The Hall–Kier alpha value is -1.34. The topological polar surface area (TPSA) is 139 Å². The molecule has 26 heavy (non-hydrogen) atoms. The zero-order valence-electron chi connectivity index (χ0n) is 13.8. The third-order valence-corrected chi connectivity index (χ3v) is 6.01. The lowest BCUT2D eigenvalue weighted by atomic mass is 10.2. The van der Waals surface area contributed by atoms with Crippen LogP contribution in [0.25, 0.3) is 0 Å². The lowest BCUT2D eigenvalue weighted by Crippen LogP contribution is -2.32. The second-order valence-corrected chi connectivity index (χ2v) is 9.10. The van der Waals surface area contributed by atoms with Gasteiger partial charge < -0.3 is 19.6 Å². The summed E-state index contributed by atoms with van der Waals surface area (Å²) in [4.78, 5) is 38.2. The van der Waals surface area contributed by atoms with Gasteiger partial charge in [0, 0.05) is 13.1 Å². The smallest absolute Gasteiger partial charge is 0.323 e. The molecule has 0 saturated heterocycles. The fourth-order valence-corrected chi connectivity index (χ4v) is 4.41. The predicted molar refractivity (Wildman–Crippen MR) is 98.5 cm³/mol. The van der Waals surface area contributed by atoms with Crippen molar-refractivity contribution in [2.24, 2.45) is 0 Å². The summed E-state index contributed by atoms with van der Waals surface area (Å²) in [5.41, 5.74) is 0.880. The summed E-state index contributed by atoms with van der Waals surface area (Å²) in [5.74, 6) is -2.37. The largest absolute Gasteiger partial charge is 0.346 e. The van der Waals surface area contributed by atoms with E-state index in [1.54, 1.807) is 60.7 Å². The molecule has 0 aliphatic carbocycles. The Balaban J connectivity index is 2.00. The van der Waals surface area contributed by atoms with Crippen LogP contribution in [0.3, 0.4) is 0 Å². The van der Waals surface area contributed by atoms with Crippen LogP contribution < -0.4 is 10.6 Å². The molecule has 0 amide bonds. The number of hydrogen-bond acceptors (Lipinski definition) is 4. The minimum atomic E-state index is -4.44. The Morgan fingerprint density at radius 1 is 0.654 bits per heavy atom. The lowest BCUT2D eigenvalue weighted by Gasteiger charge is -2.23. The van der Waals surface area contributed by atoms with Gasteiger partial charge in [0.05, 0.1) is 0 Å². The van der Waals surface area contributed by atoms with E-state index >= 15 is 0 Å². The molecule has 0 aromatic heterocycles. The maximum atomic E-state index is 11.7.